The Labute approximate surface area is 119 Å². The van der Waals surface area contributed by atoms with E-state index in [9.17, 15) is 12.8 Å². The van der Waals surface area contributed by atoms with Gasteiger partial charge in [0.1, 0.15) is 10.7 Å². The van der Waals surface area contributed by atoms with Gasteiger partial charge in [-0.3, -0.25) is 0 Å². The zero-order valence-electron chi connectivity index (χ0n) is 11.8. The van der Waals surface area contributed by atoms with Gasteiger partial charge in [-0.15, -0.1) is 0 Å². The Bertz CT molecular complexity index is 571. The van der Waals surface area contributed by atoms with Crippen molar-refractivity contribution in [1.82, 2.24) is 10.0 Å². The van der Waals surface area contributed by atoms with E-state index in [4.69, 9.17) is 0 Å². The first kappa shape index (κ1) is 15.4. The van der Waals surface area contributed by atoms with Gasteiger partial charge in [-0.05, 0) is 50.4 Å². The lowest BCUT2D eigenvalue weighted by Crippen LogP contribution is -2.40. The average molecular weight is 300 g/mol. The second-order valence-corrected chi connectivity index (χ2v) is 7.08. The lowest BCUT2D eigenvalue weighted by Gasteiger charge is -2.31. The van der Waals surface area contributed by atoms with E-state index in [-0.39, 0.29) is 10.9 Å². The van der Waals surface area contributed by atoms with Crippen LogP contribution in [0.3, 0.4) is 0 Å². The molecule has 0 spiro atoms. The first-order chi connectivity index (χ1) is 9.44. The van der Waals surface area contributed by atoms with Crippen LogP contribution in [-0.4, -0.2) is 21.5 Å². The fourth-order valence-electron chi connectivity index (χ4n) is 2.42. The van der Waals surface area contributed by atoms with E-state index in [1.165, 1.54) is 12.1 Å². The summed E-state index contributed by atoms with van der Waals surface area (Å²) >= 11 is 0. The van der Waals surface area contributed by atoms with E-state index >= 15 is 0 Å². The van der Waals surface area contributed by atoms with Crippen molar-refractivity contribution in [2.24, 2.45) is 5.92 Å². The number of benzene rings is 1. The van der Waals surface area contributed by atoms with E-state index in [0.29, 0.717) is 12.5 Å². The molecule has 0 radical (unpaired) electrons. The van der Waals surface area contributed by atoms with Gasteiger partial charge in [-0.2, -0.15) is 0 Å². The minimum atomic E-state index is -3.79. The highest BCUT2D eigenvalue weighted by Gasteiger charge is 2.29. The molecular formula is C14H21FN2O2S. The Morgan fingerprint density at radius 2 is 2.10 bits per heavy atom. The minimum Gasteiger partial charge on any atom is -0.316 e. The topological polar surface area (TPSA) is 58.2 Å². The lowest BCUT2D eigenvalue weighted by atomic mass is 9.81. The molecule has 2 rings (SSSR count). The van der Waals surface area contributed by atoms with Gasteiger partial charge >= 0.3 is 0 Å². The van der Waals surface area contributed by atoms with E-state index < -0.39 is 15.8 Å². The third-order valence-electron chi connectivity index (χ3n) is 3.86. The van der Waals surface area contributed by atoms with E-state index in [0.717, 1.165) is 24.8 Å². The Kier molecular flexibility index (Phi) is 4.78. The number of rotatable bonds is 6. The van der Waals surface area contributed by atoms with E-state index in [1.807, 2.05) is 6.92 Å². The fraction of sp³-hybridized carbons (Fsp3) is 0.571. The lowest BCUT2D eigenvalue weighted by molar-refractivity contribution is 0.260. The second-order valence-electron chi connectivity index (χ2n) is 5.40. The molecule has 0 saturated heterocycles. The molecule has 20 heavy (non-hydrogen) atoms. The van der Waals surface area contributed by atoms with Gasteiger partial charge in [0.15, 0.2) is 0 Å². The van der Waals surface area contributed by atoms with Crippen molar-refractivity contribution < 1.29 is 12.8 Å². The van der Waals surface area contributed by atoms with Gasteiger partial charge in [-0.1, -0.05) is 12.5 Å². The summed E-state index contributed by atoms with van der Waals surface area (Å²) < 4.78 is 41.0. The third kappa shape index (κ3) is 3.37. The zero-order chi connectivity index (χ0) is 14.8. The number of sulfonamides is 1. The molecule has 4 nitrogen and oxygen atoms in total. The van der Waals surface area contributed by atoms with Gasteiger partial charge in [0.25, 0.3) is 0 Å². The molecular weight excluding hydrogens is 279 g/mol. The molecule has 0 aromatic heterocycles. The third-order valence-corrected chi connectivity index (χ3v) is 5.46. The van der Waals surface area contributed by atoms with Crippen LogP contribution in [0.25, 0.3) is 0 Å². The predicted octanol–water partition coefficient (Wildman–Crippen LogP) is 2.01. The molecule has 112 valence electrons. The van der Waals surface area contributed by atoms with Crippen molar-refractivity contribution in [3.05, 3.63) is 29.6 Å². The summed E-state index contributed by atoms with van der Waals surface area (Å²) in [5, 5.41) is 2.90. The van der Waals surface area contributed by atoms with Gasteiger partial charge in [0.05, 0.1) is 0 Å². The first-order valence-corrected chi connectivity index (χ1v) is 8.37. The fourth-order valence-corrected chi connectivity index (χ4v) is 3.79. The van der Waals surface area contributed by atoms with E-state index in [2.05, 4.69) is 10.0 Å². The molecule has 1 unspecified atom stereocenters. The maximum absolute atomic E-state index is 14.0. The van der Waals surface area contributed by atoms with Crippen LogP contribution in [0.1, 0.15) is 31.7 Å². The Morgan fingerprint density at radius 3 is 2.60 bits per heavy atom. The molecule has 1 aliphatic carbocycles. The molecule has 1 aromatic carbocycles. The molecule has 0 amide bonds. The summed E-state index contributed by atoms with van der Waals surface area (Å²) in [7, 11) is -2.03. The highest BCUT2D eigenvalue weighted by atomic mass is 32.2. The standard InChI is InChI=1S/C14H21FN2O2S/c1-10(12-4-3-5-12)17-20(18,19)14-7-6-11(9-16-2)8-13(14)15/h6-8,10,12,16-17H,3-5,9H2,1-2H3. The summed E-state index contributed by atoms with van der Waals surface area (Å²) in [6.07, 6.45) is 3.21. The summed E-state index contributed by atoms with van der Waals surface area (Å²) in [5.74, 6) is -0.331. The SMILES string of the molecule is CNCc1ccc(S(=O)(=O)NC(C)C2CCC2)c(F)c1. The molecule has 1 fully saturated rings. The Balaban J connectivity index is 2.16. The zero-order valence-corrected chi connectivity index (χ0v) is 12.6. The molecule has 1 aliphatic rings. The maximum atomic E-state index is 14.0. The number of halogens is 1. The normalized spacial score (nSPS) is 17.8. The number of hydrogen-bond donors (Lipinski definition) is 2. The predicted molar refractivity (Wildman–Crippen MR) is 76.3 cm³/mol. The molecule has 0 bridgehead atoms. The van der Waals surface area contributed by atoms with Crippen LogP contribution in [0, 0.1) is 11.7 Å². The van der Waals surface area contributed by atoms with Crippen LogP contribution < -0.4 is 10.0 Å². The largest absolute Gasteiger partial charge is 0.316 e. The van der Waals surface area contributed by atoms with Crippen LogP contribution in [0.5, 0.6) is 0 Å². The minimum absolute atomic E-state index is 0.148. The molecule has 6 heteroatoms. The molecule has 1 aromatic rings. The van der Waals surface area contributed by atoms with E-state index in [1.54, 1.807) is 13.1 Å². The highest BCUT2D eigenvalue weighted by molar-refractivity contribution is 7.89. The van der Waals surface area contributed by atoms with Crippen LogP contribution >= 0.6 is 0 Å². The van der Waals surface area contributed by atoms with Gasteiger partial charge in [-0.25, -0.2) is 17.5 Å². The second kappa shape index (κ2) is 6.20. The molecule has 2 N–H and O–H groups in total. The van der Waals surface area contributed by atoms with Crippen molar-refractivity contribution in [2.45, 2.75) is 43.7 Å². The van der Waals surface area contributed by atoms with Crippen molar-refractivity contribution in [3.63, 3.8) is 0 Å². The Hall–Kier alpha value is -0.980. The maximum Gasteiger partial charge on any atom is 0.243 e. The molecule has 0 heterocycles. The first-order valence-electron chi connectivity index (χ1n) is 6.89. The number of nitrogens with one attached hydrogen (secondary N) is 2. The van der Waals surface area contributed by atoms with Crippen LogP contribution in [-0.2, 0) is 16.6 Å². The van der Waals surface area contributed by atoms with Gasteiger partial charge < -0.3 is 5.32 Å². The van der Waals surface area contributed by atoms with Crippen LogP contribution in [0.15, 0.2) is 23.1 Å². The quantitative estimate of drug-likeness (QED) is 0.845. The highest BCUT2D eigenvalue weighted by Crippen LogP contribution is 2.30. The molecule has 0 aliphatic heterocycles. The molecule has 1 atom stereocenters. The molecule has 1 saturated carbocycles. The van der Waals surface area contributed by atoms with Gasteiger partial charge in [0.2, 0.25) is 10.0 Å². The monoisotopic (exact) mass is 300 g/mol. The summed E-state index contributed by atoms with van der Waals surface area (Å²) in [5.41, 5.74) is 0.719. The van der Waals surface area contributed by atoms with Gasteiger partial charge in [0, 0.05) is 12.6 Å². The van der Waals surface area contributed by atoms with Crippen LogP contribution in [0.4, 0.5) is 4.39 Å². The van der Waals surface area contributed by atoms with Crippen molar-refractivity contribution >= 4 is 10.0 Å². The van der Waals surface area contributed by atoms with Crippen molar-refractivity contribution in [1.29, 1.82) is 0 Å². The van der Waals surface area contributed by atoms with Crippen molar-refractivity contribution in [2.75, 3.05) is 7.05 Å². The summed E-state index contributed by atoms with van der Waals surface area (Å²) in [6, 6.07) is 4.07. The van der Waals surface area contributed by atoms with Crippen LogP contribution in [0.2, 0.25) is 0 Å². The smallest absolute Gasteiger partial charge is 0.243 e. The van der Waals surface area contributed by atoms with Crippen molar-refractivity contribution in [3.8, 4) is 0 Å². The summed E-state index contributed by atoms with van der Waals surface area (Å²) in [6.45, 7) is 2.35. The summed E-state index contributed by atoms with van der Waals surface area (Å²) in [4.78, 5) is -0.275. The Morgan fingerprint density at radius 1 is 1.40 bits per heavy atom. The average Bonchev–Trinajstić information content (AvgIpc) is 2.25. The number of hydrogen-bond acceptors (Lipinski definition) is 3.